The average molecular weight is 227 g/mol. The van der Waals surface area contributed by atoms with Gasteiger partial charge < -0.3 is 5.11 Å². The minimum atomic E-state index is -1.07. The Balaban J connectivity index is 2.99. The van der Waals surface area contributed by atoms with Gasteiger partial charge in [0.15, 0.2) is 0 Å². The first-order valence-corrected chi connectivity index (χ1v) is 4.72. The molecule has 1 rings (SSSR count). The van der Waals surface area contributed by atoms with Gasteiger partial charge in [0.1, 0.15) is 5.82 Å². The molecule has 0 bridgehead atoms. The van der Waals surface area contributed by atoms with Crippen LogP contribution >= 0.6 is 11.6 Å². The summed E-state index contributed by atoms with van der Waals surface area (Å²) in [5.41, 5.74) is 0.692. The Morgan fingerprint density at radius 2 is 2.27 bits per heavy atom. The molecule has 0 unspecified atom stereocenters. The minimum Gasteiger partial charge on any atom is -0.481 e. The van der Waals surface area contributed by atoms with E-state index in [0.717, 1.165) is 0 Å². The van der Waals surface area contributed by atoms with Gasteiger partial charge in [-0.3, -0.25) is 4.79 Å². The number of carboxylic acid groups (broad SMARTS) is 1. The number of halogens is 2. The number of carboxylic acids is 1. The predicted octanol–water partition coefficient (Wildman–Crippen LogP) is 2.04. The number of aliphatic carboxylic acids is 1. The van der Waals surface area contributed by atoms with Crippen molar-refractivity contribution in [2.45, 2.75) is 6.42 Å². The summed E-state index contributed by atoms with van der Waals surface area (Å²) in [6.07, 6.45) is -0.345. The summed E-state index contributed by atoms with van der Waals surface area (Å²) in [4.78, 5) is 10.4. The molecule has 0 aliphatic carbocycles. The van der Waals surface area contributed by atoms with Gasteiger partial charge in [0, 0.05) is 11.1 Å². The smallest absolute Gasteiger partial charge is 0.307 e. The highest BCUT2D eigenvalue weighted by molar-refractivity contribution is 6.19. The maximum Gasteiger partial charge on any atom is 0.307 e. The van der Waals surface area contributed by atoms with E-state index in [-0.39, 0.29) is 17.9 Å². The van der Waals surface area contributed by atoms with Crippen LogP contribution in [0.3, 0.4) is 0 Å². The first-order chi connectivity index (χ1) is 7.13. The van der Waals surface area contributed by atoms with Gasteiger partial charge in [0.2, 0.25) is 0 Å². The Kier molecular flexibility index (Phi) is 4.14. The largest absolute Gasteiger partial charge is 0.481 e. The monoisotopic (exact) mass is 226 g/mol. The van der Waals surface area contributed by atoms with Gasteiger partial charge in [-0.1, -0.05) is 11.8 Å². The zero-order valence-electron chi connectivity index (χ0n) is 7.76. The first-order valence-electron chi connectivity index (χ1n) is 4.18. The van der Waals surface area contributed by atoms with E-state index in [2.05, 4.69) is 11.8 Å². The first kappa shape index (κ1) is 11.5. The summed E-state index contributed by atoms with van der Waals surface area (Å²) >= 11 is 5.37. The molecule has 0 spiro atoms. The molecule has 0 heterocycles. The highest BCUT2D eigenvalue weighted by Crippen LogP contribution is 2.10. The fourth-order valence-electron chi connectivity index (χ4n) is 1.09. The molecule has 1 aromatic rings. The molecular weight excluding hydrogens is 219 g/mol. The molecule has 2 nitrogen and oxygen atoms in total. The molecule has 0 aromatic heterocycles. The third-order valence-electron chi connectivity index (χ3n) is 1.69. The molecule has 0 aliphatic rings. The van der Waals surface area contributed by atoms with Crippen LogP contribution in [0.15, 0.2) is 18.2 Å². The summed E-state index contributed by atoms with van der Waals surface area (Å²) in [7, 11) is 0. The van der Waals surface area contributed by atoms with Crippen molar-refractivity contribution < 1.29 is 14.3 Å². The van der Waals surface area contributed by atoms with Crippen LogP contribution in [0, 0.1) is 17.7 Å². The second kappa shape index (κ2) is 5.38. The van der Waals surface area contributed by atoms with Gasteiger partial charge in [-0.05, 0) is 18.2 Å². The molecule has 1 aromatic carbocycles. The Morgan fingerprint density at radius 3 is 2.87 bits per heavy atom. The highest BCUT2D eigenvalue weighted by atomic mass is 35.5. The second-order valence-corrected chi connectivity index (χ2v) is 3.08. The zero-order valence-corrected chi connectivity index (χ0v) is 8.51. The molecule has 0 aliphatic heterocycles. The van der Waals surface area contributed by atoms with Crippen molar-refractivity contribution in [2.75, 3.05) is 5.88 Å². The van der Waals surface area contributed by atoms with E-state index in [0.29, 0.717) is 5.56 Å². The van der Waals surface area contributed by atoms with Crippen molar-refractivity contribution in [3.8, 4) is 11.8 Å². The van der Waals surface area contributed by atoms with Gasteiger partial charge in [0.05, 0.1) is 12.3 Å². The molecule has 0 radical (unpaired) electrons. The molecule has 4 heteroatoms. The lowest BCUT2D eigenvalue weighted by molar-refractivity contribution is -0.136. The van der Waals surface area contributed by atoms with E-state index in [9.17, 15) is 9.18 Å². The van der Waals surface area contributed by atoms with Gasteiger partial charge in [-0.2, -0.15) is 0 Å². The number of rotatable bonds is 2. The Hall–Kier alpha value is -1.53. The normalized spacial score (nSPS) is 9.20. The quantitative estimate of drug-likeness (QED) is 0.619. The van der Waals surface area contributed by atoms with Crippen LogP contribution in [-0.4, -0.2) is 17.0 Å². The molecule has 0 atom stereocenters. The maximum absolute atomic E-state index is 13.1. The summed E-state index contributed by atoms with van der Waals surface area (Å²) in [5, 5.41) is 8.53. The Labute approximate surface area is 91.7 Å². The molecule has 1 N–H and O–H groups in total. The van der Waals surface area contributed by atoms with E-state index in [1.165, 1.54) is 18.2 Å². The summed E-state index contributed by atoms with van der Waals surface area (Å²) in [6.45, 7) is 0. The Bertz CT molecular complexity index is 432. The average Bonchev–Trinajstić information content (AvgIpc) is 2.18. The molecule has 0 saturated carbocycles. The zero-order chi connectivity index (χ0) is 11.3. The predicted molar refractivity (Wildman–Crippen MR) is 55.3 cm³/mol. The van der Waals surface area contributed by atoms with Gasteiger partial charge in [-0.15, -0.1) is 11.6 Å². The van der Waals surface area contributed by atoms with Crippen LogP contribution in [0.1, 0.15) is 11.1 Å². The minimum absolute atomic E-state index is 0.129. The van der Waals surface area contributed by atoms with E-state index in [1.807, 2.05) is 0 Å². The van der Waals surface area contributed by atoms with Crippen molar-refractivity contribution >= 4 is 17.6 Å². The van der Waals surface area contributed by atoms with Gasteiger partial charge >= 0.3 is 5.97 Å². The molecule has 15 heavy (non-hydrogen) atoms. The number of hydrogen-bond donors (Lipinski definition) is 1. The van der Waals surface area contributed by atoms with Crippen molar-refractivity contribution in [1.29, 1.82) is 0 Å². The van der Waals surface area contributed by atoms with Crippen molar-refractivity contribution in [3.05, 3.63) is 35.1 Å². The third-order valence-corrected chi connectivity index (χ3v) is 1.82. The van der Waals surface area contributed by atoms with E-state index < -0.39 is 11.8 Å². The van der Waals surface area contributed by atoms with Crippen LogP contribution < -0.4 is 0 Å². The van der Waals surface area contributed by atoms with Crippen LogP contribution in [0.25, 0.3) is 0 Å². The van der Waals surface area contributed by atoms with Crippen molar-refractivity contribution in [1.82, 2.24) is 0 Å². The van der Waals surface area contributed by atoms with Crippen LogP contribution in [0.2, 0.25) is 0 Å². The van der Waals surface area contributed by atoms with Crippen molar-refractivity contribution in [3.63, 3.8) is 0 Å². The molecule has 0 amide bonds. The molecular formula is C11H8ClFO2. The van der Waals surface area contributed by atoms with Crippen LogP contribution in [-0.2, 0) is 11.2 Å². The maximum atomic E-state index is 13.1. The van der Waals surface area contributed by atoms with E-state index in [4.69, 9.17) is 16.7 Å². The van der Waals surface area contributed by atoms with Crippen LogP contribution in [0.4, 0.5) is 4.39 Å². The Morgan fingerprint density at radius 1 is 1.53 bits per heavy atom. The highest BCUT2D eigenvalue weighted by Gasteiger charge is 2.06. The topological polar surface area (TPSA) is 37.3 Å². The fraction of sp³-hybridized carbons (Fsp3) is 0.182. The van der Waals surface area contributed by atoms with Gasteiger partial charge in [0.25, 0.3) is 0 Å². The lowest BCUT2D eigenvalue weighted by Crippen LogP contribution is -2.02. The third kappa shape index (κ3) is 3.61. The number of benzene rings is 1. The van der Waals surface area contributed by atoms with Crippen molar-refractivity contribution in [2.24, 2.45) is 0 Å². The fourth-order valence-corrected chi connectivity index (χ4v) is 1.15. The molecule has 0 saturated heterocycles. The van der Waals surface area contributed by atoms with Crippen LogP contribution in [0.5, 0.6) is 0 Å². The summed E-state index contributed by atoms with van der Waals surface area (Å²) in [5.74, 6) is 3.88. The summed E-state index contributed by atoms with van der Waals surface area (Å²) < 4.78 is 13.1. The molecule has 78 valence electrons. The second-order valence-electron chi connectivity index (χ2n) is 2.81. The SMILES string of the molecule is O=C(O)Cc1cc(C#CCCl)ccc1F. The number of hydrogen-bond acceptors (Lipinski definition) is 1. The lowest BCUT2D eigenvalue weighted by Gasteiger charge is -2.00. The standard InChI is InChI=1S/C11H8ClFO2/c12-5-1-2-8-3-4-10(13)9(6-8)7-11(14)15/h3-4,6H,5,7H2,(H,14,15). The van der Waals surface area contributed by atoms with Gasteiger partial charge in [-0.25, -0.2) is 4.39 Å². The van der Waals surface area contributed by atoms with E-state index in [1.54, 1.807) is 0 Å². The lowest BCUT2D eigenvalue weighted by atomic mass is 10.1. The molecule has 0 fully saturated rings. The summed E-state index contributed by atoms with van der Waals surface area (Å²) in [6, 6.07) is 4.11. The van der Waals surface area contributed by atoms with E-state index >= 15 is 0 Å². The number of alkyl halides is 1. The number of carbonyl (C=O) groups is 1.